The van der Waals surface area contributed by atoms with E-state index in [-0.39, 0.29) is 12.0 Å². The lowest BCUT2D eigenvalue weighted by Crippen LogP contribution is -2.25. The van der Waals surface area contributed by atoms with Crippen LogP contribution in [-0.4, -0.2) is 20.3 Å². The molecule has 3 heterocycles. The summed E-state index contributed by atoms with van der Waals surface area (Å²) in [6.45, 7) is 0. The molecule has 1 unspecified atom stereocenters. The Morgan fingerprint density at radius 3 is 2.87 bits per heavy atom. The number of ketones is 1. The van der Waals surface area contributed by atoms with Crippen LogP contribution in [0.25, 0.3) is 11.3 Å². The normalized spacial score (nSPS) is 24.4. The highest BCUT2D eigenvalue weighted by molar-refractivity contribution is 5.83. The van der Waals surface area contributed by atoms with E-state index < -0.39 is 0 Å². The van der Waals surface area contributed by atoms with Gasteiger partial charge in [0.05, 0.1) is 30.0 Å². The van der Waals surface area contributed by atoms with E-state index in [4.69, 9.17) is 0 Å². The Morgan fingerprint density at radius 2 is 2.09 bits per heavy atom. The third-order valence-corrected chi connectivity index (χ3v) is 6.29. The number of carbonyl (C=O) groups excluding carboxylic acids is 1. The summed E-state index contributed by atoms with van der Waals surface area (Å²) in [5.74, 6) is 0.685. The van der Waals surface area contributed by atoms with Gasteiger partial charge in [0.1, 0.15) is 5.78 Å². The zero-order valence-electron chi connectivity index (χ0n) is 13.2. The third-order valence-electron chi connectivity index (χ3n) is 6.29. The lowest BCUT2D eigenvalue weighted by molar-refractivity contribution is -0.124. The van der Waals surface area contributed by atoms with E-state index in [2.05, 4.69) is 20.6 Å². The molecule has 2 aromatic heterocycles. The predicted molar refractivity (Wildman–Crippen MR) is 86.8 cm³/mol. The molecule has 0 radical (unpaired) electrons. The van der Waals surface area contributed by atoms with Crippen molar-refractivity contribution in [3.05, 3.63) is 36.5 Å². The van der Waals surface area contributed by atoms with Gasteiger partial charge in [-0.25, -0.2) is 4.98 Å². The van der Waals surface area contributed by atoms with E-state index in [1.165, 1.54) is 25.7 Å². The van der Waals surface area contributed by atoms with Crippen molar-refractivity contribution in [3.63, 3.8) is 0 Å². The number of imidazole rings is 1. The molecule has 3 aliphatic rings. The molecule has 2 aromatic rings. The minimum Gasteiger partial charge on any atom is -0.321 e. The van der Waals surface area contributed by atoms with E-state index in [0.29, 0.717) is 17.6 Å². The fraction of sp³-hybridized carbons (Fsp3) is 0.526. The second-order valence-electron chi connectivity index (χ2n) is 7.58. The molecule has 0 N–H and O–H groups in total. The molecule has 1 aliphatic heterocycles. The summed E-state index contributed by atoms with van der Waals surface area (Å²) in [4.78, 5) is 21.7. The van der Waals surface area contributed by atoms with Crippen LogP contribution in [0.2, 0.25) is 0 Å². The first-order valence-electron chi connectivity index (χ1n) is 8.76. The van der Waals surface area contributed by atoms with Crippen LogP contribution >= 0.6 is 0 Å². The molecule has 23 heavy (non-hydrogen) atoms. The Morgan fingerprint density at radius 1 is 1.26 bits per heavy atom. The monoisotopic (exact) mass is 307 g/mol. The van der Waals surface area contributed by atoms with Crippen LogP contribution in [0.3, 0.4) is 0 Å². The van der Waals surface area contributed by atoms with Gasteiger partial charge in [0.25, 0.3) is 0 Å². The smallest absolute Gasteiger partial charge is 0.138 e. The minimum absolute atomic E-state index is 0.0352. The van der Waals surface area contributed by atoms with Gasteiger partial charge in [-0.3, -0.25) is 9.78 Å². The highest BCUT2D eigenvalue weighted by atomic mass is 16.1. The first kappa shape index (κ1) is 13.5. The zero-order valence-corrected chi connectivity index (χ0v) is 13.2. The van der Waals surface area contributed by atoms with Gasteiger partial charge in [0, 0.05) is 24.1 Å². The molecule has 2 saturated carbocycles. The van der Waals surface area contributed by atoms with Crippen molar-refractivity contribution in [2.24, 2.45) is 11.3 Å². The van der Waals surface area contributed by atoms with Crippen molar-refractivity contribution >= 4 is 5.78 Å². The van der Waals surface area contributed by atoms with Crippen LogP contribution in [-0.2, 0) is 4.79 Å². The van der Waals surface area contributed by atoms with Gasteiger partial charge in [-0.1, -0.05) is 0 Å². The maximum Gasteiger partial charge on any atom is 0.138 e. The van der Waals surface area contributed by atoms with E-state index in [1.807, 2.05) is 24.8 Å². The first-order valence-corrected chi connectivity index (χ1v) is 8.76. The Hall–Kier alpha value is -1.97. The number of pyridine rings is 1. The molecule has 2 fully saturated rings. The predicted octanol–water partition coefficient (Wildman–Crippen LogP) is 3.78. The van der Waals surface area contributed by atoms with Gasteiger partial charge in [0.15, 0.2) is 0 Å². The fourth-order valence-electron chi connectivity index (χ4n) is 4.57. The van der Waals surface area contributed by atoms with Gasteiger partial charge < -0.3 is 4.57 Å². The van der Waals surface area contributed by atoms with E-state index in [0.717, 1.165) is 29.8 Å². The number of hydrogen-bond acceptors (Lipinski definition) is 3. The standard InChI is InChI=1S/C19H21N3O/c23-17(13-3-5-19(6-4-13)7-8-19)10-15-18-14(2-1-9-21-18)16-11-20-12-22(15)16/h1-2,9,11-13,15H,3-8,10H2. The van der Waals surface area contributed by atoms with Crippen LogP contribution in [0.1, 0.15) is 56.7 Å². The van der Waals surface area contributed by atoms with Gasteiger partial charge >= 0.3 is 0 Å². The minimum atomic E-state index is 0.0352. The molecule has 118 valence electrons. The molecule has 1 atom stereocenters. The average molecular weight is 307 g/mol. The number of fused-ring (bicyclic) bond motifs is 3. The number of aromatic nitrogens is 3. The summed E-state index contributed by atoms with van der Waals surface area (Å²) < 4.78 is 2.13. The topological polar surface area (TPSA) is 47.8 Å². The van der Waals surface area contributed by atoms with Crippen LogP contribution in [0.4, 0.5) is 0 Å². The van der Waals surface area contributed by atoms with Crippen molar-refractivity contribution in [1.82, 2.24) is 14.5 Å². The SMILES string of the molecule is O=C(CC1c2ncccc2-c2cncn21)C1CCC2(CC1)CC2. The molecule has 0 amide bonds. The Kier molecular flexibility index (Phi) is 2.79. The summed E-state index contributed by atoms with van der Waals surface area (Å²) in [7, 11) is 0. The lowest BCUT2D eigenvalue weighted by Gasteiger charge is -2.28. The average Bonchev–Trinajstić information content (AvgIpc) is 3.06. The van der Waals surface area contributed by atoms with Crippen molar-refractivity contribution in [3.8, 4) is 11.3 Å². The number of nitrogens with zero attached hydrogens (tertiary/aromatic N) is 3. The van der Waals surface area contributed by atoms with E-state index in [1.54, 1.807) is 0 Å². The summed E-state index contributed by atoms with van der Waals surface area (Å²) in [6, 6.07) is 4.07. The summed E-state index contributed by atoms with van der Waals surface area (Å²) in [6.07, 6.45) is 13.6. The molecular weight excluding hydrogens is 286 g/mol. The molecular formula is C19H21N3O. The fourth-order valence-corrected chi connectivity index (χ4v) is 4.57. The Balaban J connectivity index is 1.37. The maximum absolute atomic E-state index is 12.9. The first-order chi connectivity index (χ1) is 11.3. The number of Topliss-reactive ketones (excluding diaryl/α,β-unsaturated/α-hetero) is 1. The van der Waals surface area contributed by atoms with Crippen LogP contribution in [0.15, 0.2) is 30.9 Å². The second kappa shape index (κ2) is 4.76. The number of rotatable bonds is 3. The highest BCUT2D eigenvalue weighted by Gasteiger charge is 2.46. The summed E-state index contributed by atoms with van der Waals surface area (Å²) >= 11 is 0. The van der Waals surface area contributed by atoms with Gasteiger partial charge in [-0.2, -0.15) is 0 Å². The van der Waals surface area contributed by atoms with Crippen molar-refractivity contribution < 1.29 is 4.79 Å². The van der Waals surface area contributed by atoms with E-state index in [9.17, 15) is 4.79 Å². The van der Waals surface area contributed by atoms with E-state index >= 15 is 0 Å². The molecule has 0 saturated heterocycles. The molecule has 4 heteroatoms. The largest absolute Gasteiger partial charge is 0.321 e. The van der Waals surface area contributed by atoms with Crippen LogP contribution in [0.5, 0.6) is 0 Å². The zero-order chi connectivity index (χ0) is 15.4. The second-order valence-corrected chi connectivity index (χ2v) is 7.58. The molecule has 5 rings (SSSR count). The number of carbonyl (C=O) groups is 1. The molecule has 0 bridgehead atoms. The maximum atomic E-state index is 12.9. The van der Waals surface area contributed by atoms with Gasteiger partial charge in [-0.15, -0.1) is 0 Å². The Bertz CT molecular complexity index is 764. The van der Waals surface area contributed by atoms with Crippen molar-refractivity contribution in [2.45, 2.75) is 51.0 Å². The molecule has 2 aliphatic carbocycles. The highest BCUT2D eigenvalue weighted by Crippen LogP contribution is 2.57. The van der Waals surface area contributed by atoms with Crippen molar-refractivity contribution in [1.29, 1.82) is 0 Å². The van der Waals surface area contributed by atoms with Crippen LogP contribution < -0.4 is 0 Å². The van der Waals surface area contributed by atoms with Crippen LogP contribution in [0, 0.1) is 11.3 Å². The van der Waals surface area contributed by atoms with Crippen molar-refractivity contribution in [2.75, 3.05) is 0 Å². The molecule has 4 nitrogen and oxygen atoms in total. The van der Waals surface area contributed by atoms with Gasteiger partial charge in [0.2, 0.25) is 0 Å². The Labute approximate surface area is 136 Å². The quantitative estimate of drug-likeness (QED) is 0.867. The third kappa shape index (κ3) is 2.07. The summed E-state index contributed by atoms with van der Waals surface area (Å²) in [5, 5.41) is 0. The molecule has 1 spiro atoms. The van der Waals surface area contributed by atoms with Gasteiger partial charge in [-0.05, 0) is 56.1 Å². The summed E-state index contributed by atoms with van der Waals surface area (Å²) in [5.41, 5.74) is 3.90. The number of hydrogen-bond donors (Lipinski definition) is 0. The lowest BCUT2D eigenvalue weighted by atomic mass is 9.77. The molecule has 0 aromatic carbocycles.